The van der Waals surface area contributed by atoms with Crippen LogP contribution in [0, 0.1) is 11.3 Å². The number of hydrogen-bond acceptors (Lipinski definition) is 6. The third-order valence-electron chi connectivity index (χ3n) is 7.84. The largest absolute Gasteiger partial charge is 0.390 e. The zero-order valence-electron chi connectivity index (χ0n) is 19.6. The van der Waals surface area contributed by atoms with E-state index in [1.165, 1.54) is 28.5 Å². The first-order valence-electron chi connectivity index (χ1n) is 12.1. The zero-order valence-corrected chi connectivity index (χ0v) is 19.6. The Morgan fingerprint density at radius 3 is 2.79 bits per heavy atom. The van der Waals surface area contributed by atoms with Crippen LogP contribution in [0.2, 0.25) is 0 Å². The van der Waals surface area contributed by atoms with Gasteiger partial charge >= 0.3 is 0 Å². The van der Waals surface area contributed by atoms with Crippen LogP contribution in [0.3, 0.4) is 0 Å². The summed E-state index contributed by atoms with van der Waals surface area (Å²) in [6.45, 7) is 4.61. The average Bonchev–Trinajstić information content (AvgIpc) is 3.44. The van der Waals surface area contributed by atoms with Gasteiger partial charge in [0.05, 0.1) is 23.0 Å². The Labute approximate surface area is 198 Å². The molecule has 0 bridgehead atoms. The highest BCUT2D eigenvalue weighted by Crippen LogP contribution is 2.40. The summed E-state index contributed by atoms with van der Waals surface area (Å²) in [5, 5.41) is 23.6. The van der Waals surface area contributed by atoms with Crippen molar-refractivity contribution in [2.45, 2.75) is 64.2 Å². The zero-order chi connectivity index (χ0) is 23.6. The van der Waals surface area contributed by atoms with Gasteiger partial charge in [-0.2, -0.15) is 0 Å². The minimum Gasteiger partial charge on any atom is -0.390 e. The number of aryl methyl sites for hydroxylation is 1. The lowest BCUT2D eigenvalue weighted by Gasteiger charge is -2.19. The summed E-state index contributed by atoms with van der Waals surface area (Å²) in [5.74, 6) is 0.425. The van der Waals surface area contributed by atoms with Gasteiger partial charge in [0.2, 0.25) is 0 Å². The Bertz CT molecular complexity index is 1390. The lowest BCUT2D eigenvalue weighted by molar-refractivity contribution is 0.00545. The molecule has 7 nitrogen and oxygen atoms in total. The Morgan fingerprint density at radius 1 is 1.09 bits per heavy atom. The standard InChI is InChI=1S/C27H31N5O2/c1-27(2)12-18-10-16-5-3-15(9-20(16)31-21(18)13-27)4-6-17-11-22(24(34)23(17)33)32-8-7-19-25(28)29-14-30-26(19)32/h3,5,7-10,14,17,22-24,33-34H,4,6,11-13H2,1-2H3,(H2,28,29,30)/t17-,22+,23+,24-/m0/s1. The number of rotatable bonds is 4. The number of nitrogens with two attached hydrogens (primary N) is 1. The molecule has 1 aromatic carbocycles. The molecule has 0 radical (unpaired) electrons. The van der Waals surface area contributed by atoms with Crippen molar-refractivity contribution in [3.63, 3.8) is 0 Å². The maximum Gasteiger partial charge on any atom is 0.145 e. The molecule has 0 unspecified atom stereocenters. The molecule has 4 atom stereocenters. The fraction of sp³-hybridized carbons (Fsp3) is 0.444. The predicted molar refractivity (Wildman–Crippen MR) is 132 cm³/mol. The number of hydrogen-bond donors (Lipinski definition) is 3. The van der Waals surface area contributed by atoms with Gasteiger partial charge in [-0.05, 0) is 72.8 Å². The molecule has 0 aliphatic heterocycles. The second-order valence-corrected chi connectivity index (χ2v) is 10.9. The fourth-order valence-electron chi connectivity index (χ4n) is 6.06. The molecule has 1 saturated carbocycles. The van der Waals surface area contributed by atoms with E-state index in [1.54, 1.807) is 0 Å². The van der Waals surface area contributed by atoms with Gasteiger partial charge in [-0.1, -0.05) is 26.0 Å². The van der Waals surface area contributed by atoms with Gasteiger partial charge in [-0.25, -0.2) is 9.97 Å². The topological polar surface area (TPSA) is 110 Å². The van der Waals surface area contributed by atoms with Crippen LogP contribution < -0.4 is 5.73 Å². The van der Waals surface area contributed by atoms with Gasteiger partial charge < -0.3 is 20.5 Å². The highest BCUT2D eigenvalue weighted by Gasteiger charge is 2.42. The van der Waals surface area contributed by atoms with E-state index in [0.717, 1.165) is 36.6 Å². The third kappa shape index (κ3) is 3.54. The van der Waals surface area contributed by atoms with E-state index in [4.69, 9.17) is 10.7 Å². The molecule has 3 heterocycles. The molecular weight excluding hydrogens is 426 g/mol. The van der Waals surface area contributed by atoms with E-state index in [1.807, 2.05) is 16.8 Å². The fourth-order valence-corrected chi connectivity index (χ4v) is 6.06. The van der Waals surface area contributed by atoms with Crippen LogP contribution in [0.1, 0.15) is 49.6 Å². The molecule has 4 aromatic rings. The summed E-state index contributed by atoms with van der Waals surface area (Å²) in [4.78, 5) is 13.4. The van der Waals surface area contributed by atoms with Crippen molar-refractivity contribution in [1.82, 2.24) is 19.5 Å². The van der Waals surface area contributed by atoms with Crippen molar-refractivity contribution in [2.24, 2.45) is 11.3 Å². The van der Waals surface area contributed by atoms with Crippen LogP contribution in [-0.2, 0) is 19.3 Å². The normalized spacial score (nSPS) is 25.9. The SMILES string of the molecule is CC1(C)Cc2cc3ccc(CC[C@H]4C[C@@H](n5ccc6c(N)ncnc65)[C@H](O)[C@@H]4O)cc3nc2C1. The quantitative estimate of drug-likeness (QED) is 0.432. The average molecular weight is 458 g/mol. The van der Waals surface area contributed by atoms with Gasteiger partial charge in [-0.3, -0.25) is 4.98 Å². The van der Waals surface area contributed by atoms with E-state index in [0.29, 0.717) is 17.9 Å². The minimum atomic E-state index is -0.846. The van der Waals surface area contributed by atoms with Gasteiger partial charge in [-0.15, -0.1) is 0 Å². The molecule has 0 amide bonds. The smallest absolute Gasteiger partial charge is 0.145 e. The number of aliphatic hydroxyl groups excluding tert-OH is 2. The van der Waals surface area contributed by atoms with Crippen LogP contribution >= 0.6 is 0 Å². The maximum atomic E-state index is 10.8. The maximum absolute atomic E-state index is 10.8. The Hall–Kier alpha value is -3.03. The van der Waals surface area contributed by atoms with Gasteiger partial charge in [0.1, 0.15) is 23.9 Å². The van der Waals surface area contributed by atoms with Crippen LogP contribution in [0.15, 0.2) is 42.9 Å². The second-order valence-electron chi connectivity index (χ2n) is 10.9. The molecule has 34 heavy (non-hydrogen) atoms. The van der Waals surface area contributed by atoms with E-state index < -0.39 is 12.2 Å². The molecule has 0 saturated heterocycles. The highest BCUT2D eigenvalue weighted by molar-refractivity contribution is 5.86. The number of pyridine rings is 1. The van der Waals surface area contributed by atoms with Gasteiger partial charge in [0, 0.05) is 17.3 Å². The van der Waals surface area contributed by atoms with Crippen molar-refractivity contribution < 1.29 is 10.2 Å². The Kier molecular flexibility index (Phi) is 4.90. The van der Waals surface area contributed by atoms with Gasteiger partial charge in [0.25, 0.3) is 0 Å². The van der Waals surface area contributed by atoms with E-state index in [2.05, 4.69) is 48.1 Å². The molecule has 6 rings (SSSR count). The second kappa shape index (κ2) is 7.75. The van der Waals surface area contributed by atoms with Crippen LogP contribution in [0.25, 0.3) is 21.9 Å². The molecule has 2 aliphatic rings. The molecule has 1 fully saturated rings. The van der Waals surface area contributed by atoms with Crippen molar-refractivity contribution in [3.05, 3.63) is 59.7 Å². The molecule has 2 aliphatic carbocycles. The third-order valence-corrected chi connectivity index (χ3v) is 7.84. The number of benzene rings is 1. The monoisotopic (exact) mass is 457 g/mol. The van der Waals surface area contributed by atoms with E-state index in [-0.39, 0.29) is 17.4 Å². The highest BCUT2D eigenvalue weighted by atomic mass is 16.3. The van der Waals surface area contributed by atoms with Crippen molar-refractivity contribution in [1.29, 1.82) is 0 Å². The molecule has 4 N–H and O–H groups in total. The number of nitrogen functional groups attached to an aromatic ring is 1. The number of fused-ring (bicyclic) bond motifs is 3. The van der Waals surface area contributed by atoms with Gasteiger partial charge in [0.15, 0.2) is 0 Å². The first-order chi connectivity index (χ1) is 16.3. The van der Waals surface area contributed by atoms with Crippen LogP contribution in [0.5, 0.6) is 0 Å². The summed E-state index contributed by atoms with van der Waals surface area (Å²) in [6, 6.07) is 10.5. The Balaban J connectivity index is 1.19. The molecule has 0 spiro atoms. The van der Waals surface area contributed by atoms with Crippen molar-refractivity contribution in [2.75, 3.05) is 5.73 Å². The Morgan fingerprint density at radius 2 is 1.94 bits per heavy atom. The number of aromatic nitrogens is 4. The first-order valence-corrected chi connectivity index (χ1v) is 12.1. The first kappa shape index (κ1) is 21.5. The lowest BCUT2D eigenvalue weighted by atomic mass is 9.90. The minimum absolute atomic E-state index is 0.00103. The van der Waals surface area contributed by atoms with Crippen LogP contribution in [0.4, 0.5) is 5.82 Å². The predicted octanol–water partition coefficient (Wildman–Crippen LogP) is 3.60. The summed E-state index contributed by atoms with van der Waals surface area (Å²) in [5.41, 5.74) is 11.8. The molecule has 3 aromatic heterocycles. The number of nitrogens with zero attached hydrogens (tertiary/aromatic N) is 4. The van der Waals surface area contributed by atoms with Crippen molar-refractivity contribution >= 4 is 27.8 Å². The van der Waals surface area contributed by atoms with Crippen LogP contribution in [-0.4, -0.2) is 41.9 Å². The lowest BCUT2D eigenvalue weighted by Crippen LogP contribution is -2.29. The van der Waals surface area contributed by atoms with E-state index in [9.17, 15) is 10.2 Å². The number of anilines is 1. The summed E-state index contributed by atoms with van der Waals surface area (Å²) >= 11 is 0. The molecular formula is C27H31N5O2. The summed E-state index contributed by atoms with van der Waals surface area (Å²) in [6.07, 6.45) is 6.14. The van der Waals surface area contributed by atoms with Crippen molar-refractivity contribution in [3.8, 4) is 0 Å². The molecule has 176 valence electrons. The summed E-state index contributed by atoms with van der Waals surface area (Å²) < 4.78 is 1.93. The number of aliphatic hydroxyl groups is 2. The summed E-state index contributed by atoms with van der Waals surface area (Å²) in [7, 11) is 0. The van der Waals surface area contributed by atoms with E-state index >= 15 is 0 Å². The molecule has 7 heteroatoms.